The molecule has 24 heavy (non-hydrogen) atoms. The fraction of sp³-hybridized carbons (Fsp3) is 0.0556. The maximum absolute atomic E-state index is 13.9. The van der Waals surface area contributed by atoms with Gasteiger partial charge in [-0.15, -0.1) is 0 Å². The minimum Gasteiger partial charge on any atom is -0.333 e. The van der Waals surface area contributed by atoms with Crippen molar-refractivity contribution in [2.24, 2.45) is 0 Å². The molecule has 0 amide bonds. The molecule has 0 bridgehead atoms. The van der Waals surface area contributed by atoms with Crippen molar-refractivity contribution in [3.63, 3.8) is 0 Å². The van der Waals surface area contributed by atoms with E-state index in [4.69, 9.17) is 16.1 Å². The standard InChI is InChI=1S/C18H11ClFN3O/c1-11-5-7-12(8-6-11)17-22-18(24-23-17)13(10-21)9-14-15(19)3-2-4-16(14)20/h2-9H,1H3/b13-9+. The zero-order valence-electron chi connectivity index (χ0n) is 12.6. The van der Waals surface area contributed by atoms with E-state index in [1.807, 2.05) is 37.3 Å². The van der Waals surface area contributed by atoms with Gasteiger partial charge in [0.15, 0.2) is 0 Å². The fourth-order valence-electron chi connectivity index (χ4n) is 2.09. The monoisotopic (exact) mass is 339 g/mol. The van der Waals surface area contributed by atoms with E-state index in [1.165, 1.54) is 24.3 Å². The highest BCUT2D eigenvalue weighted by atomic mass is 35.5. The van der Waals surface area contributed by atoms with E-state index >= 15 is 0 Å². The highest BCUT2D eigenvalue weighted by molar-refractivity contribution is 6.32. The first-order valence-electron chi connectivity index (χ1n) is 7.05. The zero-order valence-corrected chi connectivity index (χ0v) is 13.4. The molecule has 118 valence electrons. The van der Waals surface area contributed by atoms with Crippen molar-refractivity contribution >= 4 is 23.3 Å². The molecule has 0 aliphatic rings. The van der Waals surface area contributed by atoms with Crippen LogP contribution in [0.25, 0.3) is 23.0 Å². The van der Waals surface area contributed by atoms with E-state index in [0.29, 0.717) is 5.82 Å². The lowest BCUT2D eigenvalue weighted by atomic mass is 10.1. The lowest BCUT2D eigenvalue weighted by molar-refractivity contribution is 0.409. The average Bonchev–Trinajstić information content (AvgIpc) is 3.05. The van der Waals surface area contributed by atoms with Crippen LogP contribution in [-0.2, 0) is 0 Å². The first-order valence-corrected chi connectivity index (χ1v) is 7.43. The summed E-state index contributed by atoms with van der Waals surface area (Å²) < 4.78 is 19.0. The minimum absolute atomic E-state index is 0.00685. The predicted octanol–water partition coefficient (Wildman–Crippen LogP) is 4.90. The Morgan fingerprint density at radius 1 is 1.25 bits per heavy atom. The number of aryl methyl sites for hydroxylation is 1. The van der Waals surface area contributed by atoms with Crippen molar-refractivity contribution in [3.8, 4) is 17.5 Å². The van der Waals surface area contributed by atoms with Crippen molar-refractivity contribution in [3.05, 3.63) is 70.3 Å². The zero-order chi connectivity index (χ0) is 17.1. The van der Waals surface area contributed by atoms with Crippen LogP contribution in [0.5, 0.6) is 0 Å². The van der Waals surface area contributed by atoms with Gasteiger partial charge in [-0.2, -0.15) is 10.2 Å². The van der Waals surface area contributed by atoms with Gasteiger partial charge >= 0.3 is 0 Å². The summed E-state index contributed by atoms with van der Waals surface area (Å²) in [6.45, 7) is 1.97. The maximum Gasteiger partial charge on any atom is 0.268 e. The topological polar surface area (TPSA) is 62.7 Å². The average molecular weight is 340 g/mol. The Hall–Kier alpha value is -2.97. The van der Waals surface area contributed by atoms with Crippen molar-refractivity contribution in [1.82, 2.24) is 10.1 Å². The first-order chi connectivity index (χ1) is 11.6. The number of benzene rings is 2. The van der Waals surface area contributed by atoms with Crippen LogP contribution in [0.1, 0.15) is 17.0 Å². The summed E-state index contributed by atoms with van der Waals surface area (Å²) in [6.07, 6.45) is 1.30. The summed E-state index contributed by atoms with van der Waals surface area (Å²) in [7, 11) is 0. The molecule has 4 nitrogen and oxygen atoms in total. The van der Waals surface area contributed by atoms with Gasteiger partial charge in [-0.25, -0.2) is 4.39 Å². The van der Waals surface area contributed by atoms with Crippen LogP contribution < -0.4 is 0 Å². The molecule has 0 aliphatic carbocycles. The van der Waals surface area contributed by atoms with E-state index in [1.54, 1.807) is 0 Å². The molecule has 0 spiro atoms. The normalized spacial score (nSPS) is 11.3. The molecule has 1 aromatic heterocycles. The van der Waals surface area contributed by atoms with E-state index < -0.39 is 5.82 Å². The van der Waals surface area contributed by atoms with Crippen molar-refractivity contribution in [2.45, 2.75) is 6.92 Å². The minimum atomic E-state index is -0.534. The second-order valence-electron chi connectivity index (χ2n) is 5.09. The lowest BCUT2D eigenvalue weighted by Gasteiger charge is -2.00. The number of aromatic nitrogens is 2. The Kier molecular flexibility index (Phi) is 4.41. The smallest absolute Gasteiger partial charge is 0.268 e. The number of rotatable bonds is 3. The molecule has 0 atom stereocenters. The van der Waals surface area contributed by atoms with Gasteiger partial charge in [0.25, 0.3) is 5.89 Å². The van der Waals surface area contributed by atoms with Gasteiger partial charge in [-0.05, 0) is 25.1 Å². The number of hydrogen-bond donors (Lipinski definition) is 0. The quantitative estimate of drug-likeness (QED) is 0.636. The molecule has 0 unspecified atom stereocenters. The molecule has 0 saturated heterocycles. The van der Waals surface area contributed by atoms with Gasteiger partial charge in [-0.3, -0.25) is 0 Å². The Morgan fingerprint density at radius 3 is 2.67 bits per heavy atom. The van der Waals surface area contributed by atoms with Gasteiger partial charge in [0.2, 0.25) is 5.82 Å². The van der Waals surface area contributed by atoms with Crippen LogP contribution in [0.3, 0.4) is 0 Å². The first kappa shape index (κ1) is 15.9. The lowest BCUT2D eigenvalue weighted by Crippen LogP contribution is -1.87. The van der Waals surface area contributed by atoms with Crippen LogP contribution in [0.4, 0.5) is 4.39 Å². The number of halogens is 2. The molecular formula is C18H11ClFN3O. The molecule has 6 heteroatoms. The van der Waals surface area contributed by atoms with Gasteiger partial charge < -0.3 is 4.52 Å². The summed E-state index contributed by atoms with van der Waals surface area (Å²) in [5.41, 5.74) is 2.00. The molecule has 3 aromatic rings. The predicted molar refractivity (Wildman–Crippen MR) is 89.4 cm³/mol. The van der Waals surface area contributed by atoms with Gasteiger partial charge in [-0.1, -0.05) is 52.7 Å². The fourth-order valence-corrected chi connectivity index (χ4v) is 2.31. The largest absolute Gasteiger partial charge is 0.333 e. The molecule has 0 N–H and O–H groups in total. The van der Waals surface area contributed by atoms with E-state index in [0.717, 1.165) is 11.1 Å². The van der Waals surface area contributed by atoms with Crippen molar-refractivity contribution < 1.29 is 8.91 Å². The Labute approximate surface area is 142 Å². The molecule has 3 rings (SSSR count). The van der Waals surface area contributed by atoms with Crippen LogP contribution >= 0.6 is 11.6 Å². The third kappa shape index (κ3) is 3.19. The SMILES string of the molecule is Cc1ccc(-c2noc(/C(C#N)=C/c3c(F)cccc3Cl)n2)cc1. The Bertz CT molecular complexity index is 935. The van der Waals surface area contributed by atoms with Gasteiger partial charge in [0, 0.05) is 11.1 Å². The summed E-state index contributed by atoms with van der Waals surface area (Å²) in [5, 5.41) is 13.4. The third-order valence-electron chi connectivity index (χ3n) is 3.38. The number of nitriles is 1. The molecule has 2 aromatic carbocycles. The highest BCUT2D eigenvalue weighted by Gasteiger charge is 2.14. The van der Waals surface area contributed by atoms with Crippen LogP contribution in [0.2, 0.25) is 5.02 Å². The maximum atomic E-state index is 13.9. The molecule has 0 aliphatic heterocycles. The molecule has 0 fully saturated rings. The molecule has 0 saturated carbocycles. The summed E-state index contributed by atoms with van der Waals surface area (Å²) >= 11 is 5.97. The van der Waals surface area contributed by atoms with Crippen LogP contribution in [0.15, 0.2) is 47.0 Å². The number of hydrogen-bond acceptors (Lipinski definition) is 4. The van der Waals surface area contributed by atoms with Crippen molar-refractivity contribution in [2.75, 3.05) is 0 Å². The summed E-state index contributed by atoms with van der Waals surface area (Å²) in [6, 6.07) is 13.8. The number of nitrogens with zero attached hydrogens (tertiary/aromatic N) is 3. The van der Waals surface area contributed by atoms with Crippen LogP contribution in [0, 0.1) is 24.1 Å². The van der Waals surface area contributed by atoms with E-state index in [-0.39, 0.29) is 22.0 Å². The third-order valence-corrected chi connectivity index (χ3v) is 3.70. The van der Waals surface area contributed by atoms with Gasteiger partial charge in [0.05, 0.1) is 5.02 Å². The van der Waals surface area contributed by atoms with Crippen LogP contribution in [-0.4, -0.2) is 10.1 Å². The molecule has 0 radical (unpaired) electrons. The number of allylic oxidation sites excluding steroid dienone is 1. The second kappa shape index (κ2) is 6.65. The van der Waals surface area contributed by atoms with Gasteiger partial charge in [0.1, 0.15) is 17.5 Å². The summed E-state index contributed by atoms with van der Waals surface area (Å²) in [5.74, 6) is -0.174. The molecular weight excluding hydrogens is 329 g/mol. The Balaban J connectivity index is 2.00. The highest BCUT2D eigenvalue weighted by Crippen LogP contribution is 2.26. The Morgan fingerprint density at radius 2 is 2.00 bits per heavy atom. The van der Waals surface area contributed by atoms with Crippen molar-refractivity contribution in [1.29, 1.82) is 5.26 Å². The van der Waals surface area contributed by atoms with E-state index in [2.05, 4.69) is 10.1 Å². The molecule has 1 heterocycles. The summed E-state index contributed by atoms with van der Waals surface area (Å²) in [4.78, 5) is 4.20. The second-order valence-corrected chi connectivity index (χ2v) is 5.50. The van der Waals surface area contributed by atoms with E-state index in [9.17, 15) is 9.65 Å².